The number of likely N-dealkylation sites (tertiary alicyclic amines) is 1. The maximum Gasteiger partial charge on any atom is 0.277 e. The van der Waals surface area contributed by atoms with Crippen LogP contribution in [0.4, 0.5) is 0 Å². The summed E-state index contributed by atoms with van der Waals surface area (Å²) in [5, 5.41) is 0.639. The van der Waals surface area contributed by atoms with E-state index in [1.165, 1.54) is 12.8 Å². The first kappa shape index (κ1) is 15.7. The van der Waals surface area contributed by atoms with Gasteiger partial charge in [-0.05, 0) is 43.6 Å². The Kier molecular flexibility index (Phi) is 5.80. The molecular weight excluding hydrogens is 298 g/mol. The van der Waals surface area contributed by atoms with Gasteiger partial charge < -0.3 is 4.90 Å². The molecule has 2 rings (SSSR count). The maximum absolute atomic E-state index is 11.8. The molecule has 0 amide bonds. The third-order valence-corrected chi connectivity index (χ3v) is 4.66. The van der Waals surface area contributed by atoms with Gasteiger partial charge in [-0.25, -0.2) is 4.72 Å². The second kappa shape index (κ2) is 7.38. The SMILES string of the molecule is O=S(=O)(NCCN1CCCC1)NCc1ccc(Cl)cc1. The van der Waals surface area contributed by atoms with Gasteiger partial charge in [0.2, 0.25) is 0 Å². The summed E-state index contributed by atoms with van der Waals surface area (Å²) in [6.45, 7) is 3.61. The van der Waals surface area contributed by atoms with Crippen molar-refractivity contribution in [1.82, 2.24) is 14.3 Å². The Labute approximate surface area is 125 Å². The number of benzene rings is 1. The zero-order valence-corrected chi connectivity index (χ0v) is 12.9. The molecule has 1 fully saturated rings. The second-order valence-electron chi connectivity index (χ2n) is 4.89. The van der Waals surface area contributed by atoms with Crippen LogP contribution in [0.3, 0.4) is 0 Å². The summed E-state index contributed by atoms with van der Waals surface area (Å²) >= 11 is 5.78. The average molecular weight is 318 g/mol. The first-order valence-corrected chi connectivity index (χ1v) is 8.62. The minimum atomic E-state index is -3.44. The Bertz CT molecular complexity index is 513. The monoisotopic (exact) mass is 317 g/mol. The van der Waals surface area contributed by atoms with Gasteiger partial charge in [0.1, 0.15) is 0 Å². The van der Waals surface area contributed by atoms with Crippen LogP contribution < -0.4 is 9.44 Å². The van der Waals surface area contributed by atoms with Crippen molar-refractivity contribution in [2.24, 2.45) is 0 Å². The first-order chi connectivity index (χ1) is 9.55. The Balaban J connectivity index is 1.71. The van der Waals surface area contributed by atoms with E-state index in [1.54, 1.807) is 24.3 Å². The Morgan fingerprint density at radius 2 is 1.75 bits per heavy atom. The smallest absolute Gasteiger partial charge is 0.277 e. The topological polar surface area (TPSA) is 61.4 Å². The van der Waals surface area contributed by atoms with Crippen LogP contribution in [0.5, 0.6) is 0 Å². The minimum Gasteiger partial charge on any atom is -0.302 e. The maximum atomic E-state index is 11.8. The molecule has 0 radical (unpaired) electrons. The van der Waals surface area contributed by atoms with Crippen LogP contribution in [0.1, 0.15) is 18.4 Å². The molecule has 0 unspecified atom stereocenters. The van der Waals surface area contributed by atoms with E-state index in [0.29, 0.717) is 11.6 Å². The van der Waals surface area contributed by atoms with Crippen molar-refractivity contribution in [1.29, 1.82) is 0 Å². The van der Waals surface area contributed by atoms with Crippen LogP contribution in [0.2, 0.25) is 5.02 Å². The lowest BCUT2D eigenvalue weighted by molar-refractivity contribution is 0.344. The standard InChI is InChI=1S/C13H20ClN3O2S/c14-13-5-3-12(4-6-13)11-16-20(18,19)15-7-10-17-8-1-2-9-17/h3-6,15-16H,1-2,7-11H2. The van der Waals surface area contributed by atoms with Gasteiger partial charge >= 0.3 is 0 Å². The molecule has 0 spiro atoms. The Hall–Kier alpha value is -0.660. The predicted molar refractivity (Wildman–Crippen MR) is 80.9 cm³/mol. The van der Waals surface area contributed by atoms with Gasteiger partial charge in [-0.1, -0.05) is 23.7 Å². The molecule has 0 aliphatic carbocycles. The first-order valence-electron chi connectivity index (χ1n) is 6.76. The number of hydrogen-bond acceptors (Lipinski definition) is 3. The normalized spacial score (nSPS) is 16.6. The molecule has 2 N–H and O–H groups in total. The number of halogens is 1. The van der Waals surface area contributed by atoms with Crippen LogP contribution in [-0.4, -0.2) is 39.5 Å². The lowest BCUT2D eigenvalue weighted by Gasteiger charge is -2.15. The Morgan fingerprint density at radius 3 is 2.40 bits per heavy atom. The molecule has 112 valence electrons. The van der Waals surface area contributed by atoms with Crippen molar-refractivity contribution in [3.8, 4) is 0 Å². The van der Waals surface area contributed by atoms with Crippen LogP contribution in [0.15, 0.2) is 24.3 Å². The molecule has 0 bridgehead atoms. The summed E-state index contributed by atoms with van der Waals surface area (Å²) in [6, 6.07) is 7.09. The quantitative estimate of drug-likeness (QED) is 0.798. The van der Waals surface area contributed by atoms with Crippen LogP contribution in [-0.2, 0) is 16.8 Å². The Morgan fingerprint density at radius 1 is 1.10 bits per heavy atom. The van der Waals surface area contributed by atoms with Crippen LogP contribution in [0, 0.1) is 0 Å². The number of rotatable bonds is 7. The highest BCUT2D eigenvalue weighted by molar-refractivity contribution is 7.87. The highest BCUT2D eigenvalue weighted by Gasteiger charge is 2.13. The van der Waals surface area contributed by atoms with Crippen molar-refractivity contribution in [3.05, 3.63) is 34.9 Å². The zero-order chi connectivity index (χ0) is 14.4. The second-order valence-corrected chi connectivity index (χ2v) is 6.91. The van der Waals surface area contributed by atoms with Crippen molar-refractivity contribution >= 4 is 21.8 Å². The van der Waals surface area contributed by atoms with Gasteiger partial charge in [-0.3, -0.25) is 0 Å². The molecule has 1 aromatic carbocycles. The minimum absolute atomic E-state index is 0.260. The fourth-order valence-electron chi connectivity index (χ4n) is 2.18. The highest BCUT2D eigenvalue weighted by Crippen LogP contribution is 2.09. The molecule has 1 aliphatic rings. The van der Waals surface area contributed by atoms with Crippen molar-refractivity contribution in [2.75, 3.05) is 26.2 Å². The van der Waals surface area contributed by atoms with Crippen LogP contribution in [0.25, 0.3) is 0 Å². The summed E-state index contributed by atoms with van der Waals surface area (Å²) in [5.74, 6) is 0. The van der Waals surface area contributed by atoms with E-state index in [4.69, 9.17) is 11.6 Å². The third kappa shape index (κ3) is 5.38. The summed E-state index contributed by atoms with van der Waals surface area (Å²) in [7, 11) is -3.44. The molecule has 1 aromatic rings. The van der Waals surface area contributed by atoms with Gasteiger partial charge in [-0.15, -0.1) is 0 Å². The number of hydrogen-bond donors (Lipinski definition) is 2. The molecule has 20 heavy (non-hydrogen) atoms. The molecule has 0 aromatic heterocycles. The molecule has 1 heterocycles. The lowest BCUT2D eigenvalue weighted by atomic mass is 10.2. The van der Waals surface area contributed by atoms with Crippen molar-refractivity contribution in [3.63, 3.8) is 0 Å². The van der Waals surface area contributed by atoms with Crippen molar-refractivity contribution < 1.29 is 8.42 Å². The van der Waals surface area contributed by atoms with E-state index in [9.17, 15) is 8.42 Å². The molecule has 1 aliphatic heterocycles. The fraction of sp³-hybridized carbons (Fsp3) is 0.538. The summed E-state index contributed by atoms with van der Waals surface area (Å²) < 4.78 is 28.6. The van der Waals surface area contributed by atoms with Crippen LogP contribution >= 0.6 is 11.6 Å². The van der Waals surface area contributed by atoms with Gasteiger partial charge in [-0.2, -0.15) is 13.1 Å². The number of nitrogens with one attached hydrogen (secondary N) is 2. The van der Waals surface area contributed by atoms with E-state index >= 15 is 0 Å². The number of nitrogens with zero attached hydrogens (tertiary/aromatic N) is 1. The van der Waals surface area contributed by atoms with E-state index < -0.39 is 10.2 Å². The average Bonchev–Trinajstić information content (AvgIpc) is 2.91. The fourth-order valence-corrected chi connectivity index (χ4v) is 3.12. The van der Waals surface area contributed by atoms with Gasteiger partial charge in [0, 0.05) is 24.7 Å². The predicted octanol–water partition coefficient (Wildman–Crippen LogP) is 1.36. The van der Waals surface area contributed by atoms with E-state index in [0.717, 1.165) is 25.2 Å². The molecule has 7 heteroatoms. The van der Waals surface area contributed by atoms with Gasteiger partial charge in [0.05, 0.1) is 0 Å². The molecule has 0 saturated carbocycles. The molecule has 5 nitrogen and oxygen atoms in total. The van der Waals surface area contributed by atoms with E-state index in [-0.39, 0.29) is 6.54 Å². The molecular formula is C13H20ClN3O2S. The summed E-state index contributed by atoms with van der Waals surface area (Å²) in [5.41, 5.74) is 0.874. The molecule has 0 atom stereocenters. The third-order valence-electron chi connectivity index (χ3n) is 3.30. The largest absolute Gasteiger partial charge is 0.302 e. The van der Waals surface area contributed by atoms with E-state index in [2.05, 4.69) is 14.3 Å². The summed E-state index contributed by atoms with van der Waals surface area (Å²) in [6.07, 6.45) is 2.42. The summed E-state index contributed by atoms with van der Waals surface area (Å²) in [4.78, 5) is 2.27. The van der Waals surface area contributed by atoms with Gasteiger partial charge in [0.25, 0.3) is 10.2 Å². The zero-order valence-electron chi connectivity index (χ0n) is 11.3. The highest BCUT2D eigenvalue weighted by atomic mass is 35.5. The van der Waals surface area contributed by atoms with E-state index in [1.807, 2.05) is 0 Å². The van der Waals surface area contributed by atoms with Crippen molar-refractivity contribution in [2.45, 2.75) is 19.4 Å². The lowest BCUT2D eigenvalue weighted by Crippen LogP contribution is -2.40. The molecule has 1 saturated heterocycles. The van der Waals surface area contributed by atoms with Gasteiger partial charge in [0.15, 0.2) is 0 Å².